The highest BCUT2D eigenvalue weighted by atomic mass is 19.4. The number of hydrogen-bond acceptors (Lipinski definition) is 4. The van der Waals surface area contributed by atoms with E-state index >= 15 is 0 Å². The van der Waals surface area contributed by atoms with E-state index in [1.807, 2.05) is 39.0 Å². The molecule has 0 heterocycles. The minimum absolute atomic E-state index is 0.315. The molecule has 2 N–H and O–H groups in total. The van der Waals surface area contributed by atoms with Crippen LogP contribution in [0.2, 0.25) is 0 Å². The number of benzene rings is 2. The second-order valence-electron chi connectivity index (χ2n) is 6.53. The van der Waals surface area contributed by atoms with Gasteiger partial charge >= 0.3 is 6.18 Å². The number of carbonyl (C=O) groups is 1. The summed E-state index contributed by atoms with van der Waals surface area (Å²) in [7, 11) is 0. The number of carbonyl (C=O) groups excluding carboxylic acids is 1. The molecule has 5 nitrogen and oxygen atoms in total. The van der Waals surface area contributed by atoms with Gasteiger partial charge in [-0.3, -0.25) is 4.79 Å². The van der Waals surface area contributed by atoms with Gasteiger partial charge in [-0.05, 0) is 39.0 Å². The third-order valence-corrected chi connectivity index (χ3v) is 4.26. The van der Waals surface area contributed by atoms with Gasteiger partial charge in [0.1, 0.15) is 17.4 Å². The van der Waals surface area contributed by atoms with E-state index in [-0.39, 0.29) is 11.6 Å². The van der Waals surface area contributed by atoms with E-state index in [1.54, 1.807) is 6.07 Å². The van der Waals surface area contributed by atoms with Gasteiger partial charge in [0.05, 0.1) is 23.9 Å². The van der Waals surface area contributed by atoms with Crippen LogP contribution in [0.15, 0.2) is 54.2 Å². The Morgan fingerprint density at radius 1 is 1.27 bits per heavy atom. The van der Waals surface area contributed by atoms with Crippen LogP contribution in [0.3, 0.4) is 0 Å². The lowest BCUT2D eigenvalue weighted by atomic mass is 10.0. The number of amides is 1. The Morgan fingerprint density at radius 3 is 2.60 bits per heavy atom. The molecule has 2 rings (SSSR count). The third-order valence-electron chi connectivity index (χ3n) is 4.26. The average Bonchev–Trinajstić information content (AvgIpc) is 2.69. The first-order chi connectivity index (χ1) is 14.2. The van der Waals surface area contributed by atoms with E-state index in [0.717, 1.165) is 23.3 Å². The highest BCUT2D eigenvalue weighted by molar-refractivity contribution is 6.06. The summed E-state index contributed by atoms with van der Waals surface area (Å²) in [5, 5.41) is 14.4. The summed E-state index contributed by atoms with van der Waals surface area (Å²) in [6, 6.07) is 11.6. The molecule has 1 amide bonds. The number of aryl methyl sites for hydroxylation is 1. The Kier molecular flexibility index (Phi) is 7.48. The Morgan fingerprint density at radius 2 is 1.97 bits per heavy atom. The van der Waals surface area contributed by atoms with Crippen molar-refractivity contribution in [2.45, 2.75) is 33.0 Å². The summed E-state index contributed by atoms with van der Waals surface area (Å²) < 4.78 is 44.9. The number of hydrogen-bond donors (Lipinski definition) is 2. The van der Waals surface area contributed by atoms with Crippen LogP contribution in [-0.2, 0) is 11.0 Å². The van der Waals surface area contributed by atoms with Gasteiger partial charge in [-0.2, -0.15) is 18.4 Å². The molecule has 0 bridgehead atoms. The standard InChI is InChI=1S/C22H22F3N3O2/c1-4-30-20-10-9-14(2)11-17(20)15(3)27-13-16(12-26)21(29)28-19-8-6-5-7-18(19)22(23,24)25/h5-11,13,15,27H,4H2,1-3H3,(H,28,29)/b16-13-. The molecule has 0 saturated carbocycles. The molecule has 0 aliphatic heterocycles. The second-order valence-corrected chi connectivity index (χ2v) is 6.53. The lowest BCUT2D eigenvalue weighted by Crippen LogP contribution is -2.20. The first-order valence-corrected chi connectivity index (χ1v) is 9.24. The molecule has 0 fully saturated rings. The van der Waals surface area contributed by atoms with E-state index in [0.29, 0.717) is 12.4 Å². The van der Waals surface area contributed by atoms with Crippen LogP contribution in [0.5, 0.6) is 5.75 Å². The molecule has 2 aromatic rings. The maximum atomic E-state index is 13.1. The predicted octanol–water partition coefficient (Wildman–Crippen LogP) is 5.11. The van der Waals surface area contributed by atoms with Gasteiger partial charge in [-0.25, -0.2) is 0 Å². The van der Waals surface area contributed by atoms with Crippen molar-refractivity contribution in [3.63, 3.8) is 0 Å². The summed E-state index contributed by atoms with van der Waals surface area (Å²) in [6.45, 7) is 6.08. The number of nitrogens with one attached hydrogen (secondary N) is 2. The van der Waals surface area contributed by atoms with Crippen LogP contribution in [-0.4, -0.2) is 12.5 Å². The lowest BCUT2D eigenvalue weighted by molar-refractivity contribution is -0.137. The van der Waals surface area contributed by atoms with Crippen molar-refractivity contribution in [2.24, 2.45) is 0 Å². The summed E-state index contributed by atoms with van der Waals surface area (Å²) in [6.07, 6.45) is -3.44. The summed E-state index contributed by atoms with van der Waals surface area (Å²) in [4.78, 5) is 12.4. The number of ether oxygens (including phenoxy) is 1. The van der Waals surface area contributed by atoms with Crippen molar-refractivity contribution in [3.05, 3.63) is 70.9 Å². The molecule has 1 atom stereocenters. The molecule has 8 heteroatoms. The molecule has 0 aromatic heterocycles. The van der Waals surface area contributed by atoms with Crippen molar-refractivity contribution in [1.29, 1.82) is 5.26 Å². The molecule has 0 saturated heterocycles. The van der Waals surface area contributed by atoms with Gasteiger partial charge in [0.15, 0.2) is 0 Å². The fourth-order valence-electron chi connectivity index (χ4n) is 2.77. The Bertz CT molecular complexity index is 978. The highest BCUT2D eigenvalue weighted by Gasteiger charge is 2.33. The van der Waals surface area contributed by atoms with Gasteiger partial charge in [-0.15, -0.1) is 0 Å². The van der Waals surface area contributed by atoms with Crippen molar-refractivity contribution >= 4 is 11.6 Å². The zero-order valence-electron chi connectivity index (χ0n) is 16.8. The Balaban J connectivity index is 2.20. The van der Waals surface area contributed by atoms with Gasteiger partial charge in [0.25, 0.3) is 5.91 Å². The highest BCUT2D eigenvalue weighted by Crippen LogP contribution is 2.34. The maximum absolute atomic E-state index is 13.1. The molecule has 1 unspecified atom stereocenters. The quantitative estimate of drug-likeness (QED) is 0.485. The van der Waals surface area contributed by atoms with Crippen molar-refractivity contribution < 1.29 is 22.7 Å². The Hall–Kier alpha value is -3.47. The normalized spacial score (nSPS) is 12.6. The van der Waals surface area contributed by atoms with Gasteiger partial charge in [0.2, 0.25) is 0 Å². The monoisotopic (exact) mass is 417 g/mol. The van der Waals surface area contributed by atoms with E-state index in [9.17, 15) is 23.2 Å². The fourth-order valence-corrected chi connectivity index (χ4v) is 2.77. The minimum Gasteiger partial charge on any atom is -0.494 e. The van der Waals surface area contributed by atoms with Crippen LogP contribution < -0.4 is 15.4 Å². The van der Waals surface area contributed by atoms with Crippen molar-refractivity contribution in [2.75, 3.05) is 11.9 Å². The number of anilines is 1. The summed E-state index contributed by atoms with van der Waals surface area (Å²) >= 11 is 0. The molecular weight excluding hydrogens is 395 g/mol. The largest absolute Gasteiger partial charge is 0.494 e. The van der Waals surface area contributed by atoms with Crippen molar-refractivity contribution in [1.82, 2.24) is 5.32 Å². The van der Waals surface area contributed by atoms with Crippen LogP contribution in [0, 0.1) is 18.3 Å². The molecule has 0 aliphatic rings. The van der Waals surface area contributed by atoms with Crippen LogP contribution >= 0.6 is 0 Å². The van der Waals surface area contributed by atoms with E-state index in [4.69, 9.17) is 4.74 Å². The van der Waals surface area contributed by atoms with Crippen LogP contribution in [0.25, 0.3) is 0 Å². The van der Waals surface area contributed by atoms with E-state index < -0.39 is 23.3 Å². The minimum atomic E-state index is -4.63. The average molecular weight is 417 g/mol. The smallest absolute Gasteiger partial charge is 0.418 e. The fraction of sp³-hybridized carbons (Fsp3) is 0.273. The predicted molar refractivity (Wildman–Crippen MR) is 108 cm³/mol. The number of halogens is 3. The van der Waals surface area contributed by atoms with Gasteiger partial charge < -0.3 is 15.4 Å². The topological polar surface area (TPSA) is 74.1 Å². The zero-order chi connectivity index (χ0) is 22.3. The van der Waals surface area contributed by atoms with Crippen molar-refractivity contribution in [3.8, 4) is 11.8 Å². The molecule has 30 heavy (non-hydrogen) atoms. The molecule has 2 aromatic carbocycles. The molecule has 0 radical (unpaired) electrons. The maximum Gasteiger partial charge on any atom is 0.418 e. The number of alkyl halides is 3. The van der Waals surface area contributed by atoms with Gasteiger partial charge in [-0.1, -0.05) is 29.8 Å². The zero-order valence-corrected chi connectivity index (χ0v) is 16.8. The number of nitriles is 1. The van der Waals surface area contributed by atoms with Crippen LogP contribution in [0.1, 0.15) is 36.6 Å². The molecule has 0 spiro atoms. The Labute approximate surface area is 173 Å². The molecule has 158 valence electrons. The number of para-hydroxylation sites is 1. The number of nitrogens with zero attached hydrogens (tertiary/aromatic N) is 1. The first-order valence-electron chi connectivity index (χ1n) is 9.24. The van der Waals surface area contributed by atoms with E-state index in [1.165, 1.54) is 18.3 Å². The third kappa shape index (κ3) is 5.77. The van der Waals surface area contributed by atoms with Gasteiger partial charge in [0, 0.05) is 11.8 Å². The number of rotatable bonds is 7. The molecule has 0 aliphatic carbocycles. The van der Waals surface area contributed by atoms with E-state index in [2.05, 4.69) is 10.6 Å². The lowest BCUT2D eigenvalue weighted by Gasteiger charge is -2.18. The molecular formula is C22H22F3N3O2. The SMILES string of the molecule is CCOc1ccc(C)cc1C(C)N/C=C(/C#N)C(=O)Nc1ccccc1C(F)(F)F. The second kappa shape index (κ2) is 9.83. The first kappa shape index (κ1) is 22.8. The summed E-state index contributed by atoms with van der Waals surface area (Å²) in [5.74, 6) is -0.276. The summed E-state index contributed by atoms with van der Waals surface area (Å²) in [5.41, 5.74) is 0.0744. The van der Waals surface area contributed by atoms with Crippen LogP contribution in [0.4, 0.5) is 18.9 Å².